The van der Waals surface area contributed by atoms with Gasteiger partial charge in [-0.15, -0.1) is 0 Å². The van der Waals surface area contributed by atoms with E-state index in [4.69, 9.17) is 9.47 Å². The highest BCUT2D eigenvalue weighted by atomic mass is 32.2. The molecule has 4 aromatic rings. The molecule has 1 fully saturated rings. The first-order valence-electron chi connectivity index (χ1n) is 12.5. The van der Waals surface area contributed by atoms with Crippen molar-refractivity contribution in [2.45, 2.75) is 17.9 Å². The Hall–Kier alpha value is -4.32. The molecule has 0 spiro atoms. The molecule has 0 saturated carbocycles. The van der Waals surface area contributed by atoms with E-state index in [0.717, 1.165) is 16.6 Å². The Kier molecular flexibility index (Phi) is 7.29. The minimum Gasteiger partial charge on any atom is -0.493 e. The van der Waals surface area contributed by atoms with Crippen LogP contribution in [0, 0.1) is 0 Å². The Bertz CT molecular complexity index is 1570. The summed E-state index contributed by atoms with van der Waals surface area (Å²) in [6, 6.07) is 13.6. The first-order valence-corrected chi connectivity index (χ1v) is 13.9. The van der Waals surface area contributed by atoms with Crippen LogP contribution in [0.2, 0.25) is 0 Å². The predicted molar refractivity (Wildman–Crippen MR) is 148 cm³/mol. The Morgan fingerprint density at radius 2 is 1.67 bits per heavy atom. The molecule has 39 heavy (non-hydrogen) atoms. The van der Waals surface area contributed by atoms with Crippen LogP contribution in [-0.2, 0) is 14.8 Å². The van der Waals surface area contributed by atoms with Gasteiger partial charge in [0, 0.05) is 55.7 Å². The number of nitrogens with zero attached hydrogens (tertiary/aromatic N) is 5. The molecule has 1 aliphatic heterocycles. The van der Waals surface area contributed by atoms with Gasteiger partial charge in [0.25, 0.3) is 10.0 Å². The van der Waals surface area contributed by atoms with Crippen molar-refractivity contribution in [3.05, 3.63) is 67.3 Å². The monoisotopic (exact) mass is 550 g/mol. The molecule has 204 valence electrons. The second-order valence-corrected chi connectivity index (χ2v) is 10.9. The van der Waals surface area contributed by atoms with Crippen LogP contribution in [0.25, 0.3) is 10.9 Å². The van der Waals surface area contributed by atoms with Crippen molar-refractivity contribution in [2.75, 3.05) is 50.0 Å². The number of hydrogen-bond donors (Lipinski definition) is 1. The number of benzene rings is 2. The van der Waals surface area contributed by atoms with E-state index in [1.54, 1.807) is 38.5 Å². The summed E-state index contributed by atoms with van der Waals surface area (Å²) in [4.78, 5) is 25.3. The lowest BCUT2D eigenvalue weighted by Gasteiger charge is -2.37. The number of rotatable bonds is 8. The maximum Gasteiger partial charge on any atom is 0.263 e. The van der Waals surface area contributed by atoms with Crippen molar-refractivity contribution in [3.8, 4) is 11.5 Å². The molecule has 12 heteroatoms. The van der Waals surface area contributed by atoms with Crippen molar-refractivity contribution < 1.29 is 22.7 Å². The normalized spacial score (nSPS) is 14.7. The standard InChI is InChI=1S/C27H30N6O5S/c1-19(33-11-9-20-16-24(37-2)25(38-3)17-23(20)33)27(34)32-14-12-31(13-15-32)21-4-6-22(7-5-21)39(35,36)30-26-8-10-28-18-29-26/h4-11,16-19H,12-15H2,1-3H3,(H,28,29,30). The highest BCUT2D eigenvalue weighted by molar-refractivity contribution is 7.92. The predicted octanol–water partition coefficient (Wildman–Crippen LogP) is 3.16. The molecule has 0 bridgehead atoms. The third-order valence-corrected chi connectivity index (χ3v) is 8.30. The largest absolute Gasteiger partial charge is 0.493 e. The molecule has 1 N–H and O–H groups in total. The van der Waals surface area contributed by atoms with E-state index in [1.165, 1.54) is 18.6 Å². The minimum absolute atomic E-state index is 0.0409. The van der Waals surface area contributed by atoms with Crippen LogP contribution in [0.1, 0.15) is 13.0 Å². The number of aromatic nitrogens is 3. The number of piperazine rings is 1. The summed E-state index contributed by atoms with van der Waals surface area (Å²) >= 11 is 0. The van der Waals surface area contributed by atoms with Crippen LogP contribution in [0.15, 0.2) is 72.1 Å². The van der Waals surface area contributed by atoms with Crippen molar-refractivity contribution >= 4 is 38.3 Å². The van der Waals surface area contributed by atoms with Crippen molar-refractivity contribution in [3.63, 3.8) is 0 Å². The summed E-state index contributed by atoms with van der Waals surface area (Å²) < 4.78 is 40.6. The van der Waals surface area contributed by atoms with Gasteiger partial charge in [-0.3, -0.25) is 9.52 Å². The molecule has 11 nitrogen and oxygen atoms in total. The molecule has 2 aromatic heterocycles. The van der Waals surface area contributed by atoms with Gasteiger partial charge in [-0.25, -0.2) is 18.4 Å². The van der Waals surface area contributed by atoms with E-state index < -0.39 is 10.0 Å². The van der Waals surface area contributed by atoms with Gasteiger partial charge >= 0.3 is 0 Å². The molecular weight excluding hydrogens is 520 g/mol. The van der Waals surface area contributed by atoms with Crippen LogP contribution in [-0.4, -0.2) is 74.2 Å². The summed E-state index contributed by atoms with van der Waals surface area (Å²) in [6.45, 7) is 4.31. The average molecular weight is 551 g/mol. The maximum absolute atomic E-state index is 13.4. The molecule has 1 atom stereocenters. The number of methoxy groups -OCH3 is 2. The molecule has 1 saturated heterocycles. The number of nitrogens with one attached hydrogen (secondary N) is 1. The van der Waals surface area contributed by atoms with Crippen molar-refractivity contribution in [1.82, 2.24) is 19.4 Å². The van der Waals surface area contributed by atoms with Gasteiger partial charge in [-0.2, -0.15) is 0 Å². The van der Waals surface area contributed by atoms with Gasteiger partial charge in [0.2, 0.25) is 5.91 Å². The molecule has 0 aliphatic carbocycles. The van der Waals surface area contributed by atoms with Crippen LogP contribution in [0.5, 0.6) is 11.5 Å². The molecule has 1 unspecified atom stereocenters. The van der Waals surface area contributed by atoms with Gasteiger partial charge in [0.05, 0.1) is 24.6 Å². The summed E-state index contributed by atoms with van der Waals surface area (Å²) in [5.41, 5.74) is 1.80. The molecule has 1 aliphatic rings. The zero-order valence-electron chi connectivity index (χ0n) is 21.9. The van der Waals surface area contributed by atoms with E-state index in [9.17, 15) is 13.2 Å². The fourth-order valence-corrected chi connectivity index (χ4v) is 5.78. The first-order chi connectivity index (χ1) is 18.8. The lowest BCUT2D eigenvalue weighted by atomic mass is 10.2. The van der Waals surface area contributed by atoms with Gasteiger partial charge in [0.15, 0.2) is 11.5 Å². The summed E-state index contributed by atoms with van der Waals surface area (Å²) in [5, 5.41) is 0.967. The van der Waals surface area contributed by atoms with Gasteiger partial charge in [0.1, 0.15) is 18.2 Å². The van der Waals surface area contributed by atoms with Gasteiger partial charge in [-0.1, -0.05) is 0 Å². The number of ether oxygens (including phenoxy) is 2. The number of anilines is 2. The Balaban J connectivity index is 1.23. The number of sulfonamides is 1. The molecule has 3 heterocycles. The summed E-state index contributed by atoms with van der Waals surface area (Å²) in [5.74, 6) is 1.50. The number of hydrogen-bond acceptors (Lipinski definition) is 8. The fraction of sp³-hybridized carbons (Fsp3) is 0.296. The first kappa shape index (κ1) is 26.3. The number of amides is 1. The second kappa shape index (κ2) is 10.8. The molecule has 0 radical (unpaired) electrons. The summed E-state index contributed by atoms with van der Waals surface area (Å²) in [6.07, 6.45) is 4.66. The van der Waals surface area contributed by atoms with E-state index in [-0.39, 0.29) is 22.7 Å². The highest BCUT2D eigenvalue weighted by Gasteiger charge is 2.27. The van der Waals surface area contributed by atoms with Crippen LogP contribution in [0.3, 0.4) is 0 Å². The minimum atomic E-state index is -3.76. The van der Waals surface area contributed by atoms with Gasteiger partial charge in [-0.05, 0) is 49.4 Å². The Morgan fingerprint density at radius 3 is 2.31 bits per heavy atom. The molecule has 2 aromatic carbocycles. The molecule has 1 amide bonds. The number of carbonyl (C=O) groups excluding carboxylic acids is 1. The van der Waals surface area contributed by atoms with Gasteiger partial charge < -0.3 is 23.8 Å². The third kappa shape index (κ3) is 5.32. The lowest BCUT2D eigenvalue weighted by Crippen LogP contribution is -2.50. The fourth-order valence-electron chi connectivity index (χ4n) is 4.77. The van der Waals surface area contributed by atoms with E-state index in [2.05, 4.69) is 19.6 Å². The zero-order chi connectivity index (χ0) is 27.6. The van der Waals surface area contributed by atoms with E-state index in [0.29, 0.717) is 37.7 Å². The Morgan fingerprint density at radius 1 is 0.974 bits per heavy atom. The Labute approximate surface area is 227 Å². The number of fused-ring (bicyclic) bond motifs is 1. The van der Waals surface area contributed by atoms with E-state index in [1.807, 2.05) is 40.8 Å². The van der Waals surface area contributed by atoms with Crippen molar-refractivity contribution in [2.24, 2.45) is 0 Å². The quantitative estimate of drug-likeness (QED) is 0.355. The lowest BCUT2D eigenvalue weighted by molar-refractivity contribution is -0.134. The van der Waals surface area contributed by atoms with E-state index >= 15 is 0 Å². The molecular formula is C27H30N6O5S. The van der Waals surface area contributed by atoms with Crippen LogP contribution in [0.4, 0.5) is 11.5 Å². The maximum atomic E-state index is 13.4. The van der Waals surface area contributed by atoms with Crippen molar-refractivity contribution in [1.29, 1.82) is 0 Å². The summed E-state index contributed by atoms with van der Waals surface area (Å²) in [7, 11) is -0.574. The SMILES string of the molecule is COc1cc2ccn(C(C)C(=O)N3CCN(c4ccc(S(=O)(=O)Nc5ccncn5)cc4)CC3)c2cc1OC. The molecule has 5 rings (SSSR count). The number of carbonyl (C=O) groups is 1. The van der Waals surface area contributed by atoms with Crippen LogP contribution < -0.4 is 19.1 Å². The van der Waals surface area contributed by atoms with Crippen LogP contribution >= 0.6 is 0 Å². The second-order valence-electron chi connectivity index (χ2n) is 9.17. The third-order valence-electron chi connectivity index (χ3n) is 6.92. The smallest absolute Gasteiger partial charge is 0.263 e. The topological polar surface area (TPSA) is 119 Å². The average Bonchev–Trinajstić information content (AvgIpc) is 3.39. The zero-order valence-corrected chi connectivity index (χ0v) is 22.8. The highest BCUT2D eigenvalue weighted by Crippen LogP contribution is 2.34.